The van der Waals surface area contributed by atoms with Crippen LogP contribution in [0.4, 0.5) is 0 Å². The minimum atomic E-state index is -0.434. The first-order valence-corrected chi connectivity index (χ1v) is 4.51. The number of allylic oxidation sites excluding steroid dienone is 4. The molecule has 0 aromatic rings. The molecule has 0 aliphatic carbocycles. The molecule has 0 aliphatic heterocycles. The van der Waals surface area contributed by atoms with E-state index in [1.54, 1.807) is 31.2 Å². The molecular weight excluding hydrogens is 176 g/mol. The van der Waals surface area contributed by atoms with Crippen LogP contribution in [0.15, 0.2) is 36.6 Å². The third-order valence-electron chi connectivity index (χ3n) is 1.12. The maximum atomic E-state index is 10.7. The molecule has 0 radical (unpaired) electrons. The summed E-state index contributed by atoms with van der Waals surface area (Å²) in [5, 5.41) is 9.14. The number of amides is 1. The number of hydrogen-bond acceptors (Lipinski definition) is 2. The quantitative estimate of drug-likeness (QED) is 0.524. The third-order valence-corrected chi connectivity index (χ3v) is 1.12. The molecule has 0 rings (SSSR count). The fourth-order valence-corrected chi connectivity index (χ4v) is 0.560. The average molecular weight is 194 g/mol. The van der Waals surface area contributed by atoms with E-state index in [2.05, 4.69) is 11.9 Å². The molecule has 0 saturated carbocycles. The lowest BCUT2D eigenvalue weighted by Gasteiger charge is -1.99. The van der Waals surface area contributed by atoms with E-state index in [-0.39, 0.29) is 0 Å². The number of rotatable bonds is 4. The lowest BCUT2D eigenvalue weighted by atomic mass is 10.3. The molecule has 0 heterocycles. The zero-order chi connectivity index (χ0) is 11.4. The van der Waals surface area contributed by atoms with Crippen molar-refractivity contribution in [2.75, 3.05) is 0 Å². The molecule has 0 aromatic carbocycles. The van der Waals surface area contributed by atoms with Crippen LogP contribution in [0.5, 0.6) is 0 Å². The Hall–Kier alpha value is -1.64. The van der Waals surface area contributed by atoms with Crippen LogP contribution in [-0.2, 0) is 4.79 Å². The van der Waals surface area contributed by atoms with E-state index >= 15 is 0 Å². The zero-order valence-electron chi connectivity index (χ0n) is 9.00. The van der Waals surface area contributed by atoms with E-state index in [0.717, 1.165) is 6.21 Å². The number of carbonyl (C=O) groups is 1. The van der Waals surface area contributed by atoms with Crippen LogP contribution in [-0.4, -0.2) is 12.1 Å². The van der Waals surface area contributed by atoms with Crippen LogP contribution in [0.1, 0.15) is 20.8 Å². The van der Waals surface area contributed by atoms with Gasteiger partial charge in [0.15, 0.2) is 0 Å². The predicted molar refractivity (Wildman–Crippen MR) is 61.4 cm³/mol. The van der Waals surface area contributed by atoms with Crippen molar-refractivity contribution in [2.24, 2.45) is 0 Å². The van der Waals surface area contributed by atoms with Crippen LogP contribution in [0.3, 0.4) is 0 Å². The standard InChI is InChI=1S/C9H12N2O.C2H6/c1-3-5-6-8(4-2)11-9(12)7-10;1-2/h3-7,10H,1H2,2H3,(H,11,12);1-2H3/b6-5-,8-4+,10-7?;. The molecule has 0 unspecified atom stereocenters. The summed E-state index contributed by atoms with van der Waals surface area (Å²) in [7, 11) is 0. The van der Waals surface area contributed by atoms with Gasteiger partial charge in [0.05, 0.1) is 6.21 Å². The second kappa shape index (κ2) is 11.4. The van der Waals surface area contributed by atoms with E-state index in [4.69, 9.17) is 5.41 Å². The Morgan fingerprint density at radius 1 is 1.43 bits per heavy atom. The Kier molecular flexibility index (Phi) is 12.1. The van der Waals surface area contributed by atoms with E-state index in [0.29, 0.717) is 5.70 Å². The largest absolute Gasteiger partial charge is 0.322 e. The molecule has 0 fully saturated rings. The molecular formula is C11H18N2O. The van der Waals surface area contributed by atoms with Crippen molar-refractivity contribution in [2.45, 2.75) is 20.8 Å². The van der Waals surface area contributed by atoms with Gasteiger partial charge in [-0.25, -0.2) is 0 Å². The maximum Gasteiger partial charge on any atom is 0.266 e. The van der Waals surface area contributed by atoms with E-state index in [1.165, 1.54) is 0 Å². The maximum absolute atomic E-state index is 10.7. The Labute approximate surface area is 85.7 Å². The molecule has 0 aliphatic rings. The predicted octanol–water partition coefficient (Wildman–Crippen LogP) is 2.42. The van der Waals surface area contributed by atoms with Crippen molar-refractivity contribution in [3.63, 3.8) is 0 Å². The molecule has 3 heteroatoms. The fourth-order valence-electron chi connectivity index (χ4n) is 0.560. The third kappa shape index (κ3) is 8.46. The van der Waals surface area contributed by atoms with Gasteiger partial charge in [0.25, 0.3) is 5.91 Å². The van der Waals surface area contributed by atoms with E-state index < -0.39 is 5.91 Å². The SMILES string of the molecule is C=C/C=C\C(=C/C)NC(=O)C=N.CC. The molecule has 0 aromatic heterocycles. The molecule has 0 atom stereocenters. The Balaban J connectivity index is 0. The topological polar surface area (TPSA) is 53.0 Å². The lowest BCUT2D eigenvalue weighted by molar-refractivity contribution is -0.113. The normalized spacial score (nSPS) is 10.1. The van der Waals surface area contributed by atoms with Gasteiger partial charge in [0.2, 0.25) is 0 Å². The van der Waals surface area contributed by atoms with Crippen molar-refractivity contribution in [3.8, 4) is 0 Å². The Morgan fingerprint density at radius 3 is 2.36 bits per heavy atom. The van der Waals surface area contributed by atoms with Gasteiger partial charge in [-0.3, -0.25) is 4.79 Å². The van der Waals surface area contributed by atoms with Gasteiger partial charge in [-0.1, -0.05) is 38.7 Å². The first-order chi connectivity index (χ1) is 6.74. The van der Waals surface area contributed by atoms with Crippen molar-refractivity contribution in [1.29, 1.82) is 5.41 Å². The Morgan fingerprint density at radius 2 is 2.00 bits per heavy atom. The highest BCUT2D eigenvalue weighted by Crippen LogP contribution is 1.90. The summed E-state index contributed by atoms with van der Waals surface area (Å²) >= 11 is 0. The number of hydrogen-bond donors (Lipinski definition) is 2. The number of carbonyl (C=O) groups excluding carboxylic acids is 1. The van der Waals surface area contributed by atoms with E-state index in [1.807, 2.05) is 13.8 Å². The van der Waals surface area contributed by atoms with E-state index in [9.17, 15) is 4.79 Å². The highest BCUT2D eigenvalue weighted by molar-refractivity contribution is 6.25. The zero-order valence-corrected chi connectivity index (χ0v) is 9.00. The summed E-state index contributed by atoms with van der Waals surface area (Å²) in [5.41, 5.74) is 0.656. The van der Waals surface area contributed by atoms with Crippen molar-refractivity contribution in [3.05, 3.63) is 36.6 Å². The summed E-state index contributed by atoms with van der Waals surface area (Å²) < 4.78 is 0. The van der Waals surface area contributed by atoms with Gasteiger partial charge in [0, 0.05) is 5.70 Å². The van der Waals surface area contributed by atoms with Crippen LogP contribution < -0.4 is 5.32 Å². The van der Waals surface area contributed by atoms with Crippen molar-refractivity contribution >= 4 is 12.1 Å². The van der Waals surface area contributed by atoms with Gasteiger partial charge >= 0.3 is 0 Å². The molecule has 0 spiro atoms. The van der Waals surface area contributed by atoms with Crippen LogP contribution >= 0.6 is 0 Å². The first kappa shape index (κ1) is 14.9. The summed E-state index contributed by atoms with van der Waals surface area (Å²) in [4.78, 5) is 10.7. The van der Waals surface area contributed by atoms with Crippen molar-refractivity contribution in [1.82, 2.24) is 5.32 Å². The van der Waals surface area contributed by atoms with Gasteiger partial charge in [0.1, 0.15) is 0 Å². The molecule has 3 nitrogen and oxygen atoms in total. The fraction of sp³-hybridized carbons (Fsp3) is 0.273. The van der Waals surface area contributed by atoms with Crippen molar-refractivity contribution < 1.29 is 4.79 Å². The minimum absolute atomic E-state index is 0.434. The summed E-state index contributed by atoms with van der Waals surface area (Å²) in [6, 6.07) is 0. The summed E-state index contributed by atoms with van der Waals surface area (Å²) in [6.07, 6.45) is 7.49. The molecule has 2 N–H and O–H groups in total. The van der Waals surface area contributed by atoms with Crippen LogP contribution in [0.25, 0.3) is 0 Å². The molecule has 14 heavy (non-hydrogen) atoms. The molecule has 78 valence electrons. The lowest BCUT2D eigenvalue weighted by Crippen LogP contribution is -2.22. The van der Waals surface area contributed by atoms with Crippen LogP contribution in [0.2, 0.25) is 0 Å². The highest BCUT2D eigenvalue weighted by atomic mass is 16.1. The summed E-state index contributed by atoms with van der Waals surface area (Å²) in [6.45, 7) is 9.29. The highest BCUT2D eigenvalue weighted by Gasteiger charge is 1.94. The average Bonchev–Trinajstić information content (AvgIpc) is 2.26. The molecule has 0 bridgehead atoms. The van der Waals surface area contributed by atoms with Gasteiger partial charge < -0.3 is 10.7 Å². The second-order valence-corrected chi connectivity index (χ2v) is 1.97. The van der Waals surface area contributed by atoms with Gasteiger partial charge in [-0.2, -0.15) is 0 Å². The van der Waals surface area contributed by atoms with Crippen LogP contribution in [0, 0.1) is 5.41 Å². The minimum Gasteiger partial charge on any atom is -0.322 e. The smallest absolute Gasteiger partial charge is 0.266 e. The molecule has 0 saturated heterocycles. The monoisotopic (exact) mass is 194 g/mol. The van der Waals surface area contributed by atoms with Gasteiger partial charge in [-0.05, 0) is 13.0 Å². The molecule has 1 amide bonds. The number of nitrogens with one attached hydrogen (secondary N) is 2. The second-order valence-electron chi connectivity index (χ2n) is 1.97. The van der Waals surface area contributed by atoms with Gasteiger partial charge in [-0.15, -0.1) is 0 Å². The summed E-state index contributed by atoms with van der Waals surface area (Å²) in [5.74, 6) is -0.434. The Bertz CT molecular complexity index is 240. The first-order valence-electron chi connectivity index (χ1n) is 4.51.